The number of hydrogen-bond acceptors (Lipinski definition) is 5. The van der Waals surface area contributed by atoms with Gasteiger partial charge in [0.05, 0.1) is 13.2 Å². The van der Waals surface area contributed by atoms with Crippen molar-refractivity contribution in [2.45, 2.75) is 39.4 Å². The van der Waals surface area contributed by atoms with E-state index in [0.717, 1.165) is 0 Å². The molecule has 0 saturated heterocycles. The molecule has 26 heavy (non-hydrogen) atoms. The zero-order chi connectivity index (χ0) is 19.3. The van der Waals surface area contributed by atoms with Crippen molar-refractivity contribution < 1.29 is 23.8 Å². The van der Waals surface area contributed by atoms with Crippen LogP contribution in [0.4, 0.5) is 0 Å². The zero-order valence-electron chi connectivity index (χ0n) is 15.7. The van der Waals surface area contributed by atoms with Crippen LogP contribution in [0.1, 0.15) is 43.6 Å². The minimum Gasteiger partial charge on any atom is -0.497 e. The number of methoxy groups -OCH3 is 1. The second-order valence-corrected chi connectivity index (χ2v) is 6.65. The quantitative estimate of drug-likeness (QED) is 0.553. The van der Waals surface area contributed by atoms with Crippen LogP contribution in [0.5, 0.6) is 11.5 Å². The molecule has 0 aromatic heterocycles. The van der Waals surface area contributed by atoms with Gasteiger partial charge in [-0.25, -0.2) is 4.79 Å². The first-order valence-corrected chi connectivity index (χ1v) is 8.42. The van der Waals surface area contributed by atoms with Gasteiger partial charge in [0.1, 0.15) is 11.5 Å². The molecule has 0 aliphatic heterocycles. The maximum absolute atomic E-state index is 12.5. The van der Waals surface area contributed by atoms with E-state index in [-0.39, 0.29) is 11.9 Å². The maximum atomic E-state index is 12.5. The molecule has 0 saturated carbocycles. The van der Waals surface area contributed by atoms with Gasteiger partial charge in [-0.3, -0.25) is 4.79 Å². The Morgan fingerprint density at radius 1 is 0.846 bits per heavy atom. The molecule has 2 aromatic carbocycles. The van der Waals surface area contributed by atoms with Gasteiger partial charge >= 0.3 is 5.97 Å². The molecule has 0 amide bonds. The van der Waals surface area contributed by atoms with Crippen LogP contribution < -0.4 is 9.47 Å². The molecule has 0 aliphatic rings. The number of hydrogen-bond donors (Lipinski definition) is 0. The van der Waals surface area contributed by atoms with Crippen molar-refractivity contribution in [1.29, 1.82) is 0 Å². The minimum atomic E-state index is -1.12. The number of carbonyl (C=O) groups is 2. The summed E-state index contributed by atoms with van der Waals surface area (Å²) in [6.07, 6.45) is -0.213. The Labute approximate surface area is 153 Å². The Bertz CT molecular complexity index is 758. The van der Waals surface area contributed by atoms with Crippen molar-refractivity contribution in [2.75, 3.05) is 7.11 Å². The molecule has 5 heteroatoms. The average Bonchev–Trinajstić information content (AvgIpc) is 2.61. The van der Waals surface area contributed by atoms with E-state index in [2.05, 4.69) is 0 Å². The van der Waals surface area contributed by atoms with Gasteiger partial charge in [0, 0.05) is 11.1 Å². The highest BCUT2D eigenvalue weighted by Gasteiger charge is 2.32. The van der Waals surface area contributed by atoms with Crippen LogP contribution in [-0.4, -0.2) is 30.6 Å². The fourth-order valence-corrected chi connectivity index (χ4v) is 2.28. The van der Waals surface area contributed by atoms with Crippen molar-refractivity contribution in [3.8, 4) is 11.5 Å². The van der Waals surface area contributed by atoms with E-state index in [1.54, 1.807) is 83.3 Å². The molecule has 0 spiro atoms. The second kappa shape index (κ2) is 8.04. The molecule has 5 nitrogen and oxygen atoms in total. The van der Waals surface area contributed by atoms with Crippen molar-refractivity contribution in [2.24, 2.45) is 0 Å². The van der Waals surface area contributed by atoms with Crippen molar-refractivity contribution in [3.63, 3.8) is 0 Å². The Kier molecular flexibility index (Phi) is 6.03. The Morgan fingerprint density at radius 3 is 1.73 bits per heavy atom. The molecule has 0 unspecified atom stereocenters. The first-order chi connectivity index (χ1) is 12.2. The molecular weight excluding hydrogens is 332 g/mol. The number of ketones is 1. The van der Waals surface area contributed by atoms with Crippen LogP contribution >= 0.6 is 0 Å². The zero-order valence-corrected chi connectivity index (χ0v) is 15.7. The van der Waals surface area contributed by atoms with Gasteiger partial charge in [0.15, 0.2) is 11.4 Å². The fourth-order valence-electron chi connectivity index (χ4n) is 2.28. The van der Waals surface area contributed by atoms with Gasteiger partial charge in [-0.15, -0.1) is 0 Å². The summed E-state index contributed by atoms with van der Waals surface area (Å²) in [5.74, 6) is 0.645. The summed E-state index contributed by atoms with van der Waals surface area (Å²) in [5.41, 5.74) is -0.0171. The smallest absolute Gasteiger partial charge is 0.350 e. The van der Waals surface area contributed by atoms with Gasteiger partial charge in [-0.05, 0) is 76.2 Å². The fraction of sp³-hybridized carbons (Fsp3) is 0.333. The van der Waals surface area contributed by atoms with E-state index in [9.17, 15) is 9.59 Å². The van der Waals surface area contributed by atoms with Gasteiger partial charge < -0.3 is 14.2 Å². The highest BCUT2D eigenvalue weighted by Crippen LogP contribution is 2.22. The average molecular weight is 356 g/mol. The minimum absolute atomic E-state index is 0.0994. The first-order valence-electron chi connectivity index (χ1n) is 8.42. The van der Waals surface area contributed by atoms with E-state index < -0.39 is 11.6 Å². The molecule has 138 valence electrons. The molecular formula is C21H24O5. The van der Waals surface area contributed by atoms with Crippen LogP contribution in [0, 0.1) is 0 Å². The van der Waals surface area contributed by atoms with E-state index in [4.69, 9.17) is 14.2 Å². The number of ether oxygens (including phenoxy) is 3. The van der Waals surface area contributed by atoms with Crippen molar-refractivity contribution >= 4 is 11.8 Å². The van der Waals surface area contributed by atoms with Gasteiger partial charge in [0.25, 0.3) is 0 Å². The first kappa shape index (κ1) is 19.5. The van der Waals surface area contributed by atoms with Crippen LogP contribution in [0.3, 0.4) is 0 Å². The van der Waals surface area contributed by atoms with Crippen LogP contribution in [-0.2, 0) is 9.53 Å². The van der Waals surface area contributed by atoms with E-state index in [0.29, 0.717) is 22.6 Å². The molecule has 0 radical (unpaired) electrons. The van der Waals surface area contributed by atoms with Crippen LogP contribution in [0.2, 0.25) is 0 Å². The summed E-state index contributed by atoms with van der Waals surface area (Å²) in [4.78, 5) is 24.6. The summed E-state index contributed by atoms with van der Waals surface area (Å²) in [5, 5.41) is 0. The van der Waals surface area contributed by atoms with Gasteiger partial charge in [-0.1, -0.05) is 0 Å². The van der Waals surface area contributed by atoms with E-state index in [1.807, 2.05) is 0 Å². The predicted octanol–water partition coefficient (Wildman–Crippen LogP) is 4.04. The Balaban J connectivity index is 2.09. The summed E-state index contributed by atoms with van der Waals surface area (Å²) in [7, 11) is 1.58. The summed E-state index contributed by atoms with van der Waals surface area (Å²) in [6, 6.07) is 13.6. The Hall–Kier alpha value is -2.82. The number of benzene rings is 2. The van der Waals surface area contributed by atoms with Crippen molar-refractivity contribution in [1.82, 2.24) is 0 Å². The normalized spacial score (nSPS) is 11.2. The van der Waals surface area contributed by atoms with Gasteiger partial charge in [0.2, 0.25) is 0 Å². The number of esters is 1. The third-order valence-corrected chi connectivity index (χ3v) is 3.68. The summed E-state index contributed by atoms with van der Waals surface area (Å²) >= 11 is 0. The van der Waals surface area contributed by atoms with Crippen molar-refractivity contribution in [3.05, 3.63) is 59.7 Å². The predicted molar refractivity (Wildman–Crippen MR) is 98.8 cm³/mol. The van der Waals surface area contributed by atoms with Gasteiger partial charge in [-0.2, -0.15) is 0 Å². The largest absolute Gasteiger partial charge is 0.497 e. The number of carbonyl (C=O) groups excluding carboxylic acids is 2. The standard InChI is InChI=1S/C21H24O5/c1-14(2)25-20(23)21(3,4)26-18-12-8-16(9-13-18)19(22)15-6-10-17(24-5)11-7-15/h6-14H,1-5H3. The molecule has 0 atom stereocenters. The summed E-state index contributed by atoms with van der Waals surface area (Å²) < 4.78 is 16.0. The molecule has 0 bridgehead atoms. The molecule has 0 heterocycles. The highest BCUT2D eigenvalue weighted by atomic mass is 16.6. The van der Waals surface area contributed by atoms with E-state index >= 15 is 0 Å². The number of rotatable bonds is 7. The molecule has 2 rings (SSSR count). The third-order valence-electron chi connectivity index (χ3n) is 3.68. The lowest BCUT2D eigenvalue weighted by Crippen LogP contribution is -2.40. The molecule has 0 fully saturated rings. The lowest BCUT2D eigenvalue weighted by molar-refractivity contribution is -0.163. The maximum Gasteiger partial charge on any atom is 0.350 e. The molecule has 0 aliphatic carbocycles. The lowest BCUT2D eigenvalue weighted by atomic mass is 10.0. The SMILES string of the molecule is COc1ccc(C(=O)c2ccc(OC(C)(C)C(=O)OC(C)C)cc2)cc1. The Morgan fingerprint density at radius 2 is 1.31 bits per heavy atom. The summed E-state index contributed by atoms with van der Waals surface area (Å²) in [6.45, 7) is 6.86. The monoisotopic (exact) mass is 356 g/mol. The van der Waals surface area contributed by atoms with Crippen LogP contribution in [0.15, 0.2) is 48.5 Å². The molecule has 0 N–H and O–H groups in total. The van der Waals surface area contributed by atoms with Crippen LogP contribution in [0.25, 0.3) is 0 Å². The topological polar surface area (TPSA) is 61.8 Å². The third kappa shape index (κ3) is 4.85. The second-order valence-electron chi connectivity index (χ2n) is 6.65. The highest BCUT2D eigenvalue weighted by molar-refractivity contribution is 6.09. The van der Waals surface area contributed by atoms with E-state index in [1.165, 1.54) is 0 Å². The molecule has 2 aromatic rings. The lowest BCUT2D eigenvalue weighted by Gasteiger charge is -2.25.